The van der Waals surface area contributed by atoms with Gasteiger partial charge in [0.2, 0.25) is 0 Å². The first kappa shape index (κ1) is 36.5. The number of esters is 1. The summed E-state index contributed by atoms with van der Waals surface area (Å²) in [6.45, 7) is 8.32. The molecule has 2 radical (unpaired) electrons. The Balaban J connectivity index is 1.03. The van der Waals surface area contributed by atoms with Gasteiger partial charge in [0.25, 0.3) is 5.91 Å². The molecule has 3 saturated heterocycles. The Morgan fingerprint density at radius 3 is 2.29 bits per heavy atom. The van der Waals surface area contributed by atoms with Crippen LogP contribution in [0, 0.1) is 0 Å². The number of aromatic hydroxyl groups is 1. The van der Waals surface area contributed by atoms with Gasteiger partial charge in [0.05, 0.1) is 13.2 Å². The maximum atomic E-state index is 14.0. The van der Waals surface area contributed by atoms with Crippen LogP contribution in [0.1, 0.15) is 43.7 Å². The molecule has 0 unspecified atom stereocenters. The minimum atomic E-state index is -1.06. The molecular weight excluding hydrogens is 651 g/mol. The van der Waals surface area contributed by atoms with Crippen molar-refractivity contribution in [3.8, 4) is 5.75 Å². The molecule has 14 heteroatoms. The maximum Gasteiger partial charge on any atom is 0.410 e. The second kappa shape index (κ2) is 16.8. The summed E-state index contributed by atoms with van der Waals surface area (Å²) in [6, 6.07) is 12.8. The Morgan fingerprint density at radius 2 is 1.59 bits per heavy atom. The van der Waals surface area contributed by atoms with Crippen LogP contribution in [0.3, 0.4) is 0 Å². The summed E-state index contributed by atoms with van der Waals surface area (Å²) in [5.41, 5.74) is 2.82. The molecule has 2 N–H and O–H groups in total. The highest BCUT2D eigenvalue weighted by molar-refractivity contribution is 6.34. The molecule has 0 aliphatic carbocycles. The number of anilines is 1. The quantitative estimate of drug-likeness (QED) is 0.298. The van der Waals surface area contributed by atoms with E-state index in [1.54, 1.807) is 21.9 Å². The van der Waals surface area contributed by atoms with Crippen LogP contribution in [0.5, 0.6) is 5.75 Å². The number of fused-ring (bicyclic) bond motifs is 1. The lowest BCUT2D eigenvalue weighted by Crippen LogP contribution is -2.55. The van der Waals surface area contributed by atoms with Gasteiger partial charge in [-0.1, -0.05) is 35.8 Å². The zero-order valence-corrected chi connectivity index (χ0v) is 29.5. The lowest BCUT2D eigenvalue weighted by molar-refractivity contribution is -0.145. The molecule has 6 rings (SSSR count). The first-order valence-corrected chi connectivity index (χ1v) is 18.3. The number of piperazine rings is 1. The highest BCUT2D eigenvalue weighted by atomic mass is 16.6. The zero-order valence-electron chi connectivity index (χ0n) is 29.5. The van der Waals surface area contributed by atoms with Crippen molar-refractivity contribution in [2.75, 3.05) is 77.4 Å². The monoisotopic (exact) mass is 700 g/mol. The first-order chi connectivity index (χ1) is 24.7. The van der Waals surface area contributed by atoms with E-state index in [-0.39, 0.29) is 41.6 Å². The third-order valence-electron chi connectivity index (χ3n) is 10.7. The predicted molar refractivity (Wildman–Crippen MR) is 192 cm³/mol. The van der Waals surface area contributed by atoms with Gasteiger partial charge < -0.3 is 34.6 Å². The van der Waals surface area contributed by atoms with Crippen molar-refractivity contribution in [2.24, 2.45) is 0 Å². The molecule has 1 atom stereocenters. The average molecular weight is 701 g/mol. The van der Waals surface area contributed by atoms with Crippen LogP contribution in [0.25, 0.3) is 0 Å². The van der Waals surface area contributed by atoms with E-state index in [4.69, 9.17) is 17.3 Å². The lowest BCUT2D eigenvalue weighted by atomic mass is 9.91. The van der Waals surface area contributed by atoms with Gasteiger partial charge in [-0.05, 0) is 62.3 Å². The summed E-state index contributed by atoms with van der Waals surface area (Å²) >= 11 is 0. The van der Waals surface area contributed by atoms with Gasteiger partial charge in [0.1, 0.15) is 13.6 Å². The molecule has 0 aromatic heterocycles. The lowest BCUT2D eigenvalue weighted by Gasteiger charge is -2.43. The van der Waals surface area contributed by atoms with E-state index in [9.17, 15) is 24.3 Å². The van der Waals surface area contributed by atoms with Crippen LogP contribution in [-0.2, 0) is 31.9 Å². The number of phenolic OH excluding ortho intramolecular Hbond substituents is 1. The van der Waals surface area contributed by atoms with Crippen molar-refractivity contribution in [1.29, 1.82) is 0 Å². The molecule has 0 bridgehead atoms. The van der Waals surface area contributed by atoms with E-state index >= 15 is 0 Å². The number of hydrogen-bond donors (Lipinski definition) is 2. The molecule has 2 aromatic rings. The number of benzene rings is 2. The van der Waals surface area contributed by atoms with E-state index in [0.717, 1.165) is 56.7 Å². The number of amides is 4. The molecule has 4 heterocycles. The second-order valence-corrected chi connectivity index (χ2v) is 13.9. The molecule has 51 heavy (non-hydrogen) atoms. The Morgan fingerprint density at radius 1 is 0.902 bits per heavy atom. The van der Waals surface area contributed by atoms with Gasteiger partial charge in [0.15, 0.2) is 6.10 Å². The standard InChI is InChI=1S/C37H49BN6O7/c1-2-50-34(46)25-40-19-21-41(22-20-40)28-10-14-42(15-11-28)35(47)33(24-26-7-8-32(45)30(38)23-26)51-37(49)43-16-12-29(13-17-43)44-18-9-27-5-3-4-6-31(27)39-36(44)48/h3-8,23,28-29,33,45H,2,9-22,24-25H2,1H3,(H,39,48)/t33-/m1/s1. The number of carbonyl (C=O) groups excluding carboxylic acids is 4. The fraction of sp³-hybridized carbons (Fsp3) is 0.568. The number of phenols is 1. The summed E-state index contributed by atoms with van der Waals surface area (Å²) in [5.74, 6) is -0.489. The molecule has 272 valence electrons. The zero-order chi connectivity index (χ0) is 35.9. The number of likely N-dealkylation sites (tertiary alicyclic amines) is 2. The van der Waals surface area contributed by atoms with Gasteiger partial charge in [-0.3, -0.25) is 19.4 Å². The van der Waals surface area contributed by atoms with Crippen LogP contribution in [-0.4, -0.2) is 152 Å². The Hall–Kier alpha value is -4.30. The Kier molecular flexibility index (Phi) is 12.0. The molecule has 0 saturated carbocycles. The SMILES string of the molecule is [B]c1cc(C[C@@H](OC(=O)N2CCC(N3CCc4ccccc4NC3=O)CC2)C(=O)N2CCC(N3CCN(CC(=O)OCC)CC3)CC2)ccc1O. The van der Waals surface area contributed by atoms with Gasteiger partial charge in [-0.25, -0.2) is 9.59 Å². The van der Waals surface area contributed by atoms with E-state index in [1.165, 1.54) is 6.07 Å². The maximum absolute atomic E-state index is 14.0. The normalized spacial score (nSPS) is 20.3. The highest BCUT2D eigenvalue weighted by Gasteiger charge is 2.36. The van der Waals surface area contributed by atoms with Crippen molar-refractivity contribution >= 4 is 43.0 Å². The molecule has 13 nitrogen and oxygen atoms in total. The van der Waals surface area contributed by atoms with Crippen molar-refractivity contribution in [2.45, 2.75) is 63.6 Å². The van der Waals surface area contributed by atoms with Gasteiger partial charge >= 0.3 is 18.1 Å². The number of para-hydroxylation sites is 1. The number of carbonyl (C=O) groups is 4. The average Bonchev–Trinajstić information content (AvgIpc) is 3.31. The summed E-state index contributed by atoms with van der Waals surface area (Å²) in [7, 11) is 5.96. The van der Waals surface area contributed by atoms with Crippen LogP contribution in [0.2, 0.25) is 0 Å². The number of nitrogens with one attached hydrogen (secondary N) is 1. The number of nitrogens with zero attached hydrogens (tertiary/aromatic N) is 5. The third-order valence-corrected chi connectivity index (χ3v) is 10.7. The molecule has 4 amide bonds. The van der Waals surface area contributed by atoms with Crippen molar-refractivity contribution < 1.29 is 33.8 Å². The van der Waals surface area contributed by atoms with E-state index < -0.39 is 12.2 Å². The number of piperidine rings is 2. The van der Waals surface area contributed by atoms with E-state index in [2.05, 4.69) is 15.1 Å². The molecule has 2 aromatic carbocycles. The van der Waals surface area contributed by atoms with Crippen molar-refractivity contribution in [1.82, 2.24) is 24.5 Å². The second-order valence-electron chi connectivity index (χ2n) is 13.9. The molecule has 3 fully saturated rings. The summed E-state index contributed by atoms with van der Waals surface area (Å²) < 4.78 is 11.1. The predicted octanol–water partition coefficient (Wildman–Crippen LogP) is 1.96. The summed E-state index contributed by atoms with van der Waals surface area (Å²) in [4.78, 5) is 62.4. The van der Waals surface area contributed by atoms with E-state index in [0.29, 0.717) is 70.3 Å². The minimum absolute atomic E-state index is 0.0115. The minimum Gasteiger partial charge on any atom is -0.509 e. The van der Waals surface area contributed by atoms with Crippen molar-refractivity contribution in [3.05, 3.63) is 53.6 Å². The number of hydrogen-bond acceptors (Lipinski definition) is 9. The molecule has 0 spiro atoms. The third kappa shape index (κ3) is 9.15. The fourth-order valence-electron chi connectivity index (χ4n) is 7.75. The summed E-state index contributed by atoms with van der Waals surface area (Å²) in [6.07, 6.45) is 2.10. The van der Waals surface area contributed by atoms with Gasteiger partial charge in [-0.2, -0.15) is 0 Å². The van der Waals surface area contributed by atoms with Crippen LogP contribution in [0.4, 0.5) is 15.3 Å². The summed E-state index contributed by atoms with van der Waals surface area (Å²) in [5, 5.41) is 13.0. The van der Waals surface area contributed by atoms with Gasteiger partial charge in [-0.15, -0.1) is 0 Å². The van der Waals surface area contributed by atoms with Crippen LogP contribution >= 0.6 is 0 Å². The Labute approximate surface area is 301 Å². The smallest absolute Gasteiger partial charge is 0.410 e. The number of ether oxygens (including phenoxy) is 2. The van der Waals surface area contributed by atoms with Crippen LogP contribution in [0.15, 0.2) is 42.5 Å². The van der Waals surface area contributed by atoms with Crippen LogP contribution < -0.4 is 10.8 Å². The molecule has 4 aliphatic heterocycles. The topological polar surface area (TPSA) is 135 Å². The van der Waals surface area contributed by atoms with Crippen molar-refractivity contribution in [3.63, 3.8) is 0 Å². The van der Waals surface area contributed by atoms with Gasteiger partial charge in [0, 0.05) is 83.1 Å². The number of urea groups is 1. The largest absolute Gasteiger partial charge is 0.509 e. The molecular formula is C37H49BN6O7. The fourth-order valence-corrected chi connectivity index (χ4v) is 7.75. The molecule has 4 aliphatic rings. The number of rotatable bonds is 9. The first-order valence-electron chi connectivity index (χ1n) is 18.3. The Bertz CT molecular complexity index is 1550. The van der Waals surface area contributed by atoms with E-state index in [1.807, 2.05) is 36.1 Å². The highest BCUT2D eigenvalue weighted by Crippen LogP contribution is 2.26.